The predicted molar refractivity (Wildman–Crippen MR) is 120 cm³/mol. The van der Waals surface area contributed by atoms with Crippen LogP contribution in [-0.2, 0) is 4.79 Å². The van der Waals surface area contributed by atoms with E-state index >= 15 is 0 Å². The molecule has 1 aromatic carbocycles. The molecular weight excluding hydrogens is 386 g/mol. The molecule has 2 heterocycles. The Hall–Kier alpha value is -3.20. The molecule has 9 heteroatoms. The van der Waals surface area contributed by atoms with E-state index in [4.69, 9.17) is 5.73 Å². The van der Waals surface area contributed by atoms with Gasteiger partial charge in [-0.15, -0.1) is 11.3 Å². The van der Waals surface area contributed by atoms with Gasteiger partial charge in [0.1, 0.15) is 5.01 Å². The fourth-order valence-corrected chi connectivity index (χ4v) is 4.02. The number of nitrogens with two attached hydrogens (primary N) is 1. The largest absolute Gasteiger partial charge is 0.403 e. The van der Waals surface area contributed by atoms with E-state index in [1.165, 1.54) is 11.3 Å². The highest BCUT2D eigenvalue weighted by Crippen LogP contribution is 2.26. The Kier molecular flexibility index (Phi) is 6.61. The highest BCUT2D eigenvalue weighted by molar-refractivity contribution is 7.19. The van der Waals surface area contributed by atoms with E-state index in [2.05, 4.69) is 31.8 Å². The van der Waals surface area contributed by atoms with Crippen LogP contribution in [0.25, 0.3) is 15.8 Å². The summed E-state index contributed by atoms with van der Waals surface area (Å²) in [5, 5.41) is 3.49. The molecule has 0 unspecified atom stereocenters. The first-order valence-corrected chi connectivity index (χ1v) is 10.1. The smallest absolute Gasteiger partial charge is 0.260 e. The Morgan fingerprint density at radius 2 is 1.93 bits per heavy atom. The zero-order chi connectivity index (χ0) is 20.8. The van der Waals surface area contributed by atoms with Crippen molar-refractivity contribution in [3.05, 3.63) is 47.7 Å². The van der Waals surface area contributed by atoms with Gasteiger partial charge in [0, 0.05) is 52.7 Å². The Morgan fingerprint density at radius 1 is 1.24 bits per heavy atom. The summed E-state index contributed by atoms with van der Waals surface area (Å²) in [5.74, 6) is 0.229. The van der Waals surface area contributed by atoms with Crippen LogP contribution < -0.4 is 11.1 Å². The number of para-hydroxylation sites is 1. The highest BCUT2D eigenvalue weighted by Gasteiger charge is 2.23. The van der Waals surface area contributed by atoms with Crippen LogP contribution in [-0.4, -0.2) is 73.1 Å². The number of fused-ring (bicyclic) bond motifs is 1. The molecule has 3 rings (SSSR count). The molecule has 8 nitrogen and oxygen atoms in total. The first-order valence-electron chi connectivity index (χ1n) is 9.24. The maximum atomic E-state index is 12.7. The van der Waals surface area contributed by atoms with Crippen LogP contribution in [0.1, 0.15) is 5.01 Å². The van der Waals surface area contributed by atoms with Gasteiger partial charge in [0.05, 0.1) is 21.5 Å². The van der Waals surface area contributed by atoms with Gasteiger partial charge in [0.2, 0.25) is 5.96 Å². The van der Waals surface area contributed by atoms with Gasteiger partial charge in [0.15, 0.2) is 0 Å². The number of aliphatic imine (C=N–C) groups is 2. The molecule has 2 aromatic rings. The highest BCUT2D eigenvalue weighted by atomic mass is 32.1. The van der Waals surface area contributed by atoms with Gasteiger partial charge in [-0.05, 0) is 12.1 Å². The van der Waals surface area contributed by atoms with Gasteiger partial charge in [-0.2, -0.15) is 0 Å². The van der Waals surface area contributed by atoms with Crippen molar-refractivity contribution in [3.8, 4) is 0 Å². The van der Waals surface area contributed by atoms with Crippen molar-refractivity contribution in [3.63, 3.8) is 0 Å². The molecule has 0 bridgehead atoms. The molecule has 0 radical (unpaired) electrons. The average Bonchev–Trinajstić information content (AvgIpc) is 3.19. The third-order valence-electron chi connectivity index (χ3n) is 4.64. The quantitative estimate of drug-likeness (QED) is 0.452. The molecule has 3 N–H and O–H groups in total. The standard InChI is InChI=1S/C20H25N7OS/c1-14(19-24-16-6-4-5-7-17(16)29-19)18(28)25-20(23-3)27-10-8-26(9-11-27)15(12-21)13-22-2/h4-7,12-13H,1,8-11,21H2,2-3H3,(H,23,25,28)/b15-12+,22-13?. The van der Waals surface area contributed by atoms with E-state index in [9.17, 15) is 4.79 Å². The third kappa shape index (κ3) is 4.62. The van der Waals surface area contributed by atoms with Crippen LogP contribution in [0.3, 0.4) is 0 Å². The second-order valence-corrected chi connectivity index (χ2v) is 7.45. The fraction of sp³-hybridized carbons (Fsp3) is 0.300. The molecule has 1 aromatic heterocycles. The summed E-state index contributed by atoms with van der Waals surface area (Å²) < 4.78 is 1.02. The fourth-order valence-electron chi connectivity index (χ4n) is 3.09. The van der Waals surface area contributed by atoms with E-state index in [1.54, 1.807) is 26.5 Å². The minimum Gasteiger partial charge on any atom is -0.403 e. The maximum absolute atomic E-state index is 12.7. The van der Waals surface area contributed by atoms with Crippen molar-refractivity contribution < 1.29 is 4.79 Å². The number of carbonyl (C=O) groups excluding carboxylic acids is 1. The molecular formula is C20H25N7OS. The zero-order valence-electron chi connectivity index (χ0n) is 16.6. The molecule has 1 aliphatic heterocycles. The lowest BCUT2D eigenvalue weighted by Gasteiger charge is -2.37. The van der Waals surface area contributed by atoms with Crippen LogP contribution >= 0.6 is 11.3 Å². The van der Waals surface area contributed by atoms with Crippen LogP contribution in [0, 0.1) is 0 Å². The summed E-state index contributed by atoms with van der Waals surface area (Å²) in [5.41, 5.74) is 7.77. The molecule has 0 spiro atoms. The number of rotatable bonds is 4. The number of allylic oxidation sites excluding steroid dienone is 1. The van der Waals surface area contributed by atoms with Crippen molar-refractivity contribution in [2.45, 2.75) is 0 Å². The molecule has 29 heavy (non-hydrogen) atoms. The van der Waals surface area contributed by atoms with E-state index in [0.29, 0.717) is 29.6 Å². The van der Waals surface area contributed by atoms with Crippen LogP contribution in [0.2, 0.25) is 0 Å². The van der Waals surface area contributed by atoms with Gasteiger partial charge in [-0.25, -0.2) is 4.98 Å². The van der Waals surface area contributed by atoms with Gasteiger partial charge >= 0.3 is 0 Å². The summed E-state index contributed by atoms with van der Waals surface area (Å²) in [6.45, 7) is 6.85. The molecule has 1 fully saturated rings. The molecule has 1 amide bonds. The SMILES string of the molecule is C=C(C(=O)NC(=NC)N1CCN(/C(C=NC)=C/N)CC1)c1nc2ccccc2s1. The maximum Gasteiger partial charge on any atom is 0.260 e. The van der Waals surface area contributed by atoms with Crippen LogP contribution in [0.5, 0.6) is 0 Å². The van der Waals surface area contributed by atoms with Gasteiger partial charge in [-0.1, -0.05) is 18.7 Å². The van der Waals surface area contributed by atoms with Gasteiger partial charge in [-0.3, -0.25) is 20.1 Å². The number of thiazole rings is 1. The summed E-state index contributed by atoms with van der Waals surface area (Å²) in [7, 11) is 3.38. The monoisotopic (exact) mass is 411 g/mol. The minimum atomic E-state index is -0.298. The Morgan fingerprint density at radius 3 is 2.55 bits per heavy atom. The van der Waals surface area contributed by atoms with E-state index in [-0.39, 0.29) is 5.91 Å². The van der Waals surface area contributed by atoms with Crippen molar-refractivity contribution in [2.24, 2.45) is 15.7 Å². The zero-order valence-corrected chi connectivity index (χ0v) is 17.4. The first kappa shape index (κ1) is 20.5. The Bertz CT molecular complexity index is 951. The summed E-state index contributed by atoms with van der Waals surface area (Å²) in [6, 6.07) is 7.78. The van der Waals surface area contributed by atoms with E-state index < -0.39 is 0 Å². The lowest BCUT2D eigenvalue weighted by Crippen LogP contribution is -2.53. The van der Waals surface area contributed by atoms with E-state index in [1.807, 2.05) is 29.2 Å². The van der Waals surface area contributed by atoms with Crippen molar-refractivity contribution in [1.82, 2.24) is 20.1 Å². The Labute approximate surface area is 174 Å². The molecule has 0 aliphatic carbocycles. The summed E-state index contributed by atoms with van der Waals surface area (Å²) in [6.07, 6.45) is 3.30. The topological polar surface area (TPSA) is 99.2 Å². The van der Waals surface area contributed by atoms with E-state index in [0.717, 1.165) is 29.0 Å². The number of nitrogens with one attached hydrogen (secondary N) is 1. The Balaban J connectivity index is 1.62. The first-order chi connectivity index (χ1) is 14.1. The number of guanidine groups is 1. The number of aromatic nitrogens is 1. The number of carbonyl (C=O) groups is 1. The van der Waals surface area contributed by atoms with Gasteiger partial charge < -0.3 is 15.5 Å². The van der Waals surface area contributed by atoms with Gasteiger partial charge in [0.25, 0.3) is 5.91 Å². The molecule has 1 aliphatic rings. The second kappa shape index (κ2) is 9.33. The lowest BCUT2D eigenvalue weighted by molar-refractivity contribution is -0.114. The number of amides is 1. The van der Waals surface area contributed by atoms with Crippen LogP contribution in [0.15, 0.2) is 52.7 Å². The number of hydrogen-bond acceptors (Lipinski definition) is 7. The average molecular weight is 412 g/mol. The summed E-state index contributed by atoms with van der Waals surface area (Å²) >= 11 is 1.45. The normalized spacial score (nSPS) is 15.9. The number of nitrogens with zero attached hydrogens (tertiary/aromatic N) is 5. The molecule has 1 saturated heterocycles. The molecule has 152 valence electrons. The van der Waals surface area contributed by atoms with Crippen LogP contribution in [0.4, 0.5) is 0 Å². The number of benzene rings is 1. The van der Waals surface area contributed by atoms with Crippen molar-refractivity contribution >= 4 is 45.2 Å². The second-order valence-electron chi connectivity index (χ2n) is 6.42. The lowest BCUT2D eigenvalue weighted by atomic mass is 10.2. The third-order valence-corrected chi connectivity index (χ3v) is 5.74. The van der Waals surface area contributed by atoms with Crippen molar-refractivity contribution in [1.29, 1.82) is 0 Å². The summed E-state index contributed by atoms with van der Waals surface area (Å²) in [4.78, 5) is 29.7. The molecule has 0 atom stereocenters. The predicted octanol–water partition coefficient (Wildman–Crippen LogP) is 1.53. The number of piperazine rings is 1. The molecule has 0 saturated carbocycles. The number of hydrogen-bond donors (Lipinski definition) is 2. The minimum absolute atomic E-state index is 0.298. The van der Waals surface area contributed by atoms with Crippen molar-refractivity contribution in [2.75, 3.05) is 40.3 Å².